The molecular formula is C31H34N6O3. The highest BCUT2D eigenvalue weighted by atomic mass is 16.5. The Labute approximate surface area is 233 Å². The van der Waals surface area contributed by atoms with E-state index in [9.17, 15) is 4.79 Å². The number of nitrogens with zero attached hydrogens (tertiary/aromatic N) is 5. The van der Waals surface area contributed by atoms with Crippen LogP contribution in [0, 0.1) is 6.92 Å². The van der Waals surface area contributed by atoms with Gasteiger partial charge in [-0.15, -0.1) is 0 Å². The second-order valence-electron chi connectivity index (χ2n) is 10.5. The van der Waals surface area contributed by atoms with E-state index in [0.29, 0.717) is 6.61 Å². The van der Waals surface area contributed by atoms with Crippen LogP contribution in [-0.4, -0.2) is 69.8 Å². The van der Waals surface area contributed by atoms with Crippen LogP contribution in [0.1, 0.15) is 22.9 Å². The van der Waals surface area contributed by atoms with E-state index in [0.717, 1.165) is 64.6 Å². The van der Waals surface area contributed by atoms with E-state index in [-0.39, 0.29) is 24.3 Å². The van der Waals surface area contributed by atoms with Gasteiger partial charge in [0.2, 0.25) is 5.91 Å². The maximum absolute atomic E-state index is 13.7. The van der Waals surface area contributed by atoms with Gasteiger partial charge in [0.05, 0.1) is 48.3 Å². The van der Waals surface area contributed by atoms with Gasteiger partial charge in [-0.1, -0.05) is 36.4 Å². The third kappa shape index (κ3) is 5.17. The summed E-state index contributed by atoms with van der Waals surface area (Å²) in [5, 5.41) is 13.7. The number of aryl methyl sites for hydroxylation is 1. The molecule has 5 aromatic rings. The Morgan fingerprint density at radius 3 is 2.67 bits per heavy atom. The van der Waals surface area contributed by atoms with Gasteiger partial charge in [0.25, 0.3) is 0 Å². The lowest BCUT2D eigenvalue weighted by atomic mass is 10.00. The molecule has 206 valence electrons. The first-order valence-electron chi connectivity index (χ1n) is 13.6. The fourth-order valence-electron chi connectivity index (χ4n) is 5.66. The van der Waals surface area contributed by atoms with Gasteiger partial charge in [-0.3, -0.25) is 14.4 Å². The topological polar surface area (TPSA) is 90.4 Å². The maximum Gasteiger partial charge on any atom is 0.226 e. The number of furan rings is 1. The van der Waals surface area contributed by atoms with Crippen LogP contribution in [0.2, 0.25) is 0 Å². The molecule has 2 atom stereocenters. The molecule has 9 nitrogen and oxygen atoms in total. The first kappa shape index (κ1) is 26.0. The van der Waals surface area contributed by atoms with Crippen molar-refractivity contribution in [2.75, 3.05) is 33.4 Å². The van der Waals surface area contributed by atoms with Crippen molar-refractivity contribution in [3.63, 3.8) is 0 Å². The van der Waals surface area contributed by atoms with Crippen molar-refractivity contribution in [1.29, 1.82) is 0 Å². The van der Waals surface area contributed by atoms with Gasteiger partial charge in [-0.2, -0.15) is 10.2 Å². The number of benzene rings is 2. The summed E-state index contributed by atoms with van der Waals surface area (Å²) in [6.07, 6.45) is 3.95. The molecule has 1 aliphatic heterocycles. The number of hydrogen-bond acceptors (Lipinski definition) is 6. The van der Waals surface area contributed by atoms with E-state index < -0.39 is 0 Å². The molecule has 6 rings (SSSR count). The minimum absolute atomic E-state index is 0.0410. The molecule has 1 fully saturated rings. The van der Waals surface area contributed by atoms with Gasteiger partial charge < -0.3 is 14.5 Å². The maximum atomic E-state index is 13.7. The number of nitrogens with one attached hydrogen (secondary N) is 1. The average molecular weight is 539 g/mol. The highest BCUT2D eigenvalue weighted by Crippen LogP contribution is 2.32. The molecule has 0 aliphatic carbocycles. The molecule has 1 saturated heterocycles. The van der Waals surface area contributed by atoms with E-state index in [2.05, 4.69) is 27.4 Å². The van der Waals surface area contributed by atoms with Crippen LogP contribution in [0.15, 0.2) is 77.5 Å². The van der Waals surface area contributed by atoms with Crippen molar-refractivity contribution in [2.24, 2.45) is 7.05 Å². The van der Waals surface area contributed by atoms with Gasteiger partial charge in [0, 0.05) is 50.9 Å². The number of amides is 1. The normalized spacial score (nSPS) is 17.6. The molecular weight excluding hydrogens is 504 g/mol. The van der Waals surface area contributed by atoms with Crippen molar-refractivity contribution in [2.45, 2.75) is 25.3 Å². The van der Waals surface area contributed by atoms with Crippen molar-refractivity contribution >= 4 is 16.9 Å². The molecule has 9 heteroatoms. The summed E-state index contributed by atoms with van der Waals surface area (Å²) >= 11 is 0. The first-order valence-corrected chi connectivity index (χ1v) is 13.6. The molecule has 1 aliphatic rings. The molecule has 0 radical (unpaired) electrons. The van der Waals surface area contributed by atoms with Crippen molar-refractivity contribution < 1.29 is 13.9 Å². The van der Waals surface area contributed by atoms with Crippen LogP contribution in [0.3, 0.4) is 0 Å². The van der Waals surface area contributed by atoms with Crippen LogP contribution in [0.4, 0.5) is 0 Å². The molecule has 0 unspecified atom stereocenters. The lowest BCUT2D eigenvalue weighted by molar-refractivity contribution is -0.121. The van der Waals surface area contributed by atoms with Gasteiger partial charge in [0.1, 0.15) is 11.3 Å². The lowest BCUT2D eigenvalue weighted by Gasteiger charge is -2.19. The lowest BCUT2D eigenvalue weighted by Crippen LogP contribution is -2.41. The molecule has 0 spiro atoms. The summed E-state index contributed by atoms with van der Waals surface area (Å²) < 4.78 is 15.2. The zero-order chi connectivity index (χ0) is 27.6. The summed E-state index contributed by atoms with van der Waals surface area (Å²) in [7, 11) is 3.60. The Hall–Kier alpha value is -4.21. The number of rotatable bonds is 9. The van der Waals surface area contributed by atoms with Crippen LogP contribution < -0.4 is 5.32 Å². The standard InChI is InChI=1S/C31H34N6O3/c1-21-27(37(24-10-5-4-6-11-24)34-31(21)23-17-32-35(2)18-23)16-30(38)33-26-20-36(13-14-39-3)19-25(26)29-15-22-9-7-8-12-28(22)40-29/h4-12,15,17-18,25-26H,13-14,16,19-20H2,1-3H3,(H,33,38)/t25-,26-/m1/s1. The molecule has 1 amide bonds. The van der Waals surface area contributed by atoms with E-state index in [1.807, 2.05) is 73.4 Å². The van der Waals surface area contributed by atoms with Gasteiger partial charge in [0.15, 0.2) is 0 Å². The number of carbonyl (C=O) groups is 1. The fourth-order valence-corrected chi connectivity index (χ4v) is 5.66. The molecule has 40 heavy (non-hydrogen) atoms. The summed E-state index contributed by atoms with van der Waals surface area (Å²) in [6, 6.07) is 20.0. The number of hydrogen-bond donors (Lipinski definition) is 1. The Morgan fingerprint density at radius 2 is 1.93 bits per heavy atom. The molecule has 4 heterocycles. The van der Waals surface area contributed by atoms with Crippen LogP contribution >= 0.6 is 0 Å². The molecule has 0 saturated carbocycles. The van der Waals surface area contributed by atoms with Crippen LogP contribution in [-0.2, 0) is 23.0 Å². The van der Waals surface area contributed by atoms with Crippen LogP contribution in [0.25, 0.3) is 27.9 Å². The number of methoxy groups -OCH3 is 1. The molecule has 0 bridgehead atoms. The Bertz CT molecular complexity index is 1590. The fraction of sp³-hybridized carbons (Fsp3) is 0.323. The number of likely N-dealkylation sites (tertiary alicyclic amines) is 1. The Kier molecular flexibility index (Phi) is 7.23. The first-order chi connectivity index (χ1) is 19.5. The summed E-state index contributed by atoms with van der Waals surface area (Å²) in [4.78, 5) is 16.0. The smallest absolute Gasteiger partial charge is 0.226 e. The number of aromatic nitrogens is 4. The van der Waals surface area contributed by atoms with E-state index in [1.54, 1.807) is 18.0 Å². The average Bonchev–Trinajstić information content (AvgIpc) is 3.74. The monoisotopic (exact) mass is 538 g/mol. The Balaban J connectivity index is 1.28. The van der Waals surface area contributed by atoms with Gasteiger partial charge in [-0.25, -0.2) is 4.68 Å². The minimum atomic E-state index is -0.0869. The van der Waals surface area contributed by atoms with Crippen molar-refractivity contribution in [3.8, 4) is 16.9 Å². The van der Waals surface area contributed by atoms with Gasteiger partial charge >= 0.3 is 0 Å². The largest absolute Gasteiger partial charge is 0.461 e. The van der Waals surface area contributed by atoms with E-state index >= 15 is 0 Å². The van der Waals surface area contributed by atoms with E-state index in [4.69, 9.17) is 14.3 Å². The highest BCUT2D eigenvalue weighted by molar-refractivity contribution is 5.81. The molecule has 3 aromatic heterocycles. The third-order valence-electron chi connectivity index (χ3n) is 7.71. The predicted molar refractivity (Wildman–Crippen MR) is 153 cm³/mol. The zero-order valence-corrected chi connectivity index (χ0v) is 23.1. The predicted octanol–water partition coefficient (Wildman–Crippen LogP) is 4.10. The van der Waals surface area contributed by atoms with Crippen molar-refractivity contribution in [1.82, 2.24) is 29.8 Å². The second kappa shape index (κ2) is 11.1. The third-order valence-corrected chi connectivity index (χ3v) is 7.71. The van der Waals surface area contributed by atoms with E-state index in [1.165, 1.54) is 0 Å². The van der Waals surface area contributed by atoms with Crippen molar-refractivity contribution in [3.05, 3.63) is 90.1 Å². The molecule has 1 N–H and O–H groups in total. The Morgan fingerprint density at radius 1 is 1.12 bits per heavy atom. The number of ether oxygens (including phenoxy) is 1. The number of carbonyl (C=O) groups excluding carboxylic acids is 1. The van der Waals surface area contributed by atoms with Gasteiger partial charge in [-0.05, 0) is 36.8 Å². The summed E-state index contributed by atoms with van der Waals surface area (Å²) in [6.45, 7) is 4.99. The van der Waals surface area contributed by atoms with Crippen LogP contribution in [0.5, 0.6) is 0 Å². The number of fused-ring (bicyclic) bond motifs is 1. The molecule has 2 aromatic carbocycles. The second-order valence-corrected chi connectivity index (χ2v) is 10.5. The zero-order valence-electron chi connectivity index (χ0n) is 23.1. The summed E-state index contributed by atoms with van der Waals surface area (Å²) in [5.74, 6) is 0.896. The highest BCUT2D eigenvalue weighted by Gasteiger charge is 2.37. The SMILES string of the molecule is COCCN1C[C@@H](NC(=O)Cc2c(C)c(-c3cnn(C)c3)nn2-c2ccccc2)[C@H](c2cc3ccccc3o2)C1. The summed E-state index contributed by atoms with van der Waals surface area (Å²) in [5.41, 5.74) is 5.35. The quantitative estimate of drug-likeness (QED) is 0.304. The minimum Gasteiger partial charge on any atom is -0.461 e. The number of para-hydroxylation sites is 2.